The molecule has 2 bridgehead atoms. The van der Waals surface area contributed by atoms with Crippen molar-refractivity contribution in [1.29, 1.82) is 0 Å². The zero-order chi connectivity index (χ0) is 13.8. The van der Waals surface area contributed by atoms with Gasteiger partial charge in [0.25, 0.3) is 0 Å². The second kappa shape index (κ2) is 4.82. The van der Waals surface area contributed by atoms with Crippen molar-refractivity contribution in [1.82, 2.24) is 10.2 Å². The quantitative estimate of drug-likeness (QED) is 0.913. The molecule has 21 heavy (non-hydrogen) atoms. The number of likely N-dealkylation sites (tertiary alicyclic amines) is 1. The maximum atomic E-state index is 4.03. The minimum absolute atomic E-state index is 0.753. The van der Waals surface area contributed by atoms with E-state index in [9.17, 15) is 0 Å². The molecule has 0 spiro atoms. The predicted octanol–water partition coefficient (Wildman–Crippen LogP) is 2.90. The Balaban J connectivity index is 1.15. The molecule has 4 aliphatic rings. The lowest BCUT2D eigenvalue weighted by molar-refractivity contribution is 0.315. The Labute approximate surface area is 127 Å². The van der Waals surface area contributed by atoms with E-state index in [1.54, 1.807) is 6.42 Å². The van der Waals surface area contributed by atoms with E-state index >= 15 is 0 Å². The number of nitrogens with one attached hydrogen (secondary N) is 1. The first-order chi connectivity index (χ1) is 10.4. The molecule has 3 aliphatic carbocycles. The third-order valence-electron chi connectivity index (χ3n) is 6.68. The fraction of sp³-hybridized carbons (Fsp3) is 0.684. The second-order valence-electron chi connectivity index (χ2n) is 7.89. The van der Waals surface area contributed by atoms with E-state index in [1.807, 2.05) is 0 Å². The number of rotatable bonds is 4. The van der Waals surface area contributed by atoms with Crippen molar-refractivity contribution in [2.45, 2.75) is 44.3 Å². The molecule has 1 aromatic rings. The molecular weight excluding hydrogens is 256 g/mol. The van der Waals surface area contributed by atoms with Gasteiger partial charge in [0.15, 0.2) is 0 Å². The van der Waals surface area contributed by atoms with Gasteiger partial charge < -0.3 is 5.32 Å². The maximum Gasteiger partial charge on any atom is 0.0234 e. The van der Waals surface area contributed by atoms with E-state index in [-0.39, 0.29) is 0 Å². The lowest BCUT2D eigenvalue weighted by Crippen LogP contribution is -2.36. The van der Waals surface area contributed by atoms with Crippen LogP contribution in [0.5, 0.6) is 0 Å². The monoisotopic (exact) mass is 282 g/mol. The van der Waals surface area contributed by atoms with E-state index in [1.165, 1.54) is 37.9 Å². The summed E-state index contributed by atoms with van der Waals surface area (Å²) in [5, 5.41) is 4.03. The first kappa shape index (κ1) is 12.7. The summed E-state index contributed by atoms with van der Waals surface area (Å²) < 4.78 is 0. The molecule has 0 aromatic heterocycles. The van der Waals surface area contributed by atoms with E-state index < -0.39 is 0 Å². The Hall–Kier alpha value is -0.860. The molecule has 1 saturated heterocycles. The van der Waals surface area contributed by atoms with Crippen LogP contribution in [0.25, 0.3) is 0 Å². The summed E-state index contributed by atoms with van der Waals surface area (Å²) in [7, 11) is 0. The van der Waals surface area contributed by atoms with Crippen molar-refractivity contribution in [3.05, 3.63) is 35.9 Å². The van der Waals surface area contributed by atoms with Gasteiger partial charge in [-0.15, -0.1) is 0 Å². The van der Waals surface area contributed by atoms with Gasteiger partial charge in [0, 0.05) is 31.7 Å². The second-order valence-corrected chi connectivity index (χ2v) is 7.89. The molecule has 5 unspecified atom stereocenters. The molecule has 112 valence electrons. The number of hydrogen-bond acceptors (Lipinski definition) is 2. The molecule has 1 N–H and O–H groups in total. The van der Waals surface area contributed by atoms with Gasteiger partial charge in [-0.2, -0.15) is 0 Å². The largest absolute Gasteiger partial charge is 0.309 e. The van der Waals surface area contributed by atoms with Crippen molar-refractivity contribution in [3.8, 4) is 0 Å². The van der Waals surface area contributed by atoms with Crippen LogP contribution in [-0.4, -0.2) is 30.1 Å². The number of nitrogens with zero attached hydrogens (tertiary/aromatic N) is 1. The van der Waals surface area contributed by atoms with E-state index in [0.29, 0.717) is 0 Å². The van der Waals surface area contributed by atoms with Crippen molar-refractivity contribution >= 4 is 0 Å². The standard InChI is InChI=1S/C19H26N2/c1-2-4-13(5-3-1)11-21-9-8-16(12-21)20-19-17-14-6-7-15(10-14)18(17)19/h1-5,14-20H,6-12H2. The highest BCUT2D eigenvalue weighted by Crippen LogP contribution is 2.65. The number of fused-ring (bicyclic) bond motifs is 5. The summed E-state index contributed by atoms with van der Waals surface area (Å²) in [5.41, 5.74) is 1.46. The molecular formula is C19H26N2. The van der Waals surface area contributed by atoms with Gasteiger partial charge in [0.2, 0.25) is 0 Å². The van der Waals surface area contributed by atoms with Gasteiger partial charge >= 0.3 is 0 Å². The molecule has 4 fully saturated rings. The van der Waals surface area contributed by atoms with Crippen LogP contribution < -0.4 is 5.32 Å². The third kappa shape index (κ3) is 2.15. The van der Waals surface area contributed by atoms with Crippen LogP contribution >= 0.6 is 0 Å². The van der Waals surface area contributed by atoms with Crippen LogP contribution in [0.3, 0.4) is 0 Å². The average Bonchev–Trinajstić information content (AvgIpc) is 2.91. The molecule has 1 aromatic carbocycles. The first-order valence-electron chi connectivity index (χ1n) is 8.91. The lowest BCUT2D eigenvalue weighted by Gasteiger charge is -2.18. The fourth-order valence-electron chi connectivity index (χ4n) is 5.77. The molecule has 2 heteroatoms. The summed E-state index contributed by atoms with van der Waals surface area (Å²) in [6.07, 6.45) is 5.99. The Morgan fingerprint density at radius 2 is 1.76 bits per heavy atom. The number of benzene rings is 1. The predicted molar refractivity (Wildman–Crippen MR) is 84.9 cm³/mol. The SMILES string of the molecule is c1ccc(CN2CCC(NC3C4C5CCC(C5)C34)C2)cc1. The van der Waals surface area contributed by atoms with Crippen LogP contribution in [0, 0.1) is 23.7 Å². The van der Waals surface area contributed by atoms with Crippen molar-refractivity contribution < 1.29 is 0 Å². The summed E-state index contributed by atoms with van der Waals surface area (Å²) in [4.78, 5) is 2.62. The van der Waals surface area contributed by atoms with Gasteiger partial charge in [-0.3, -0.25) is 4.90 Å². The van der Waals surface area contributed by atoms with Crippen LogP contribution in [0.15, 0.2) is 30.3 Å². The van der Waals surface area contributed by atoms with Crippen molar-refractivity contribution in [2.75, 3.05) is 13.1 Å². The Kier molecular flexibility index (Phi) is 2.91. The van der Waals surface area contributed by atoms with Crippen LogP contribution in [0.1, 0.15) is 31.2 Å². The fourth-order valence-corrected chi connectivity index (χ4v) is 5.77. The summed E-state index contributed by atoms with van der Waals surface area (Å²) in [5.74, 6) is 4.34. The highest BCUT2D eigenvalue weighted by molar-refractivity contribution is 5.18. The Morgan fingerprint density at radius 3 is 2.52 bits per heavy atom. The topological polar surface area (TPSA) is 15.3 Å². The van der Waals surface area contributed by atoms with Gasteiger partial charge in [0.05, 0.1) is 0 Å². The van der Waals surface area contributed by atoms with Gasteiger partial charge in [-0.25, -0.2) is 0 Å². The molecule has 1 heterocycles. The molecule has 0 radical (unpaired) electrons. The average molecular weight is 282 g/mol. The molecule has 2 nitrogen and oxygen atoms in total. The zero-order valence-electron chi connectivity index (χ0n) is 12.7. The summed E-state index contributed by atoms with van der Waals surface area (Å²) in [6.45, 7) is 3.64. The third-order valence-corrected chi connectivity index (χ3v) is 6.68. The van der Waals surface area contributed by atoms with Crippen LogP contribution in [-0.2, 0) is 6.54 Å². The van der Waals surface area contributed by atoms with Crippen LogP contribution in [0.2, 0.25) is 0 Å². The highest BCUT2D eigenvalue weighted by Gasteiger charge is 2.65. The first-order valence-corrected chi connectivity index (χ1v) is 8.91. The van der Waals surface area contributed by atoms with Crippen LogP contribution in [0.4, 0.5) is 0 Å². The van der Waals surface area contributed by atoms with Gasteiger partial charge in [0.1, 0.15) is 0 Å². The smallest absolute Gasteiger partial charge is 0.0234 e. The number of hydrogen-bond donors (Lipinski definition) is 1. The molecule has 1 aliphatic heterocycles. The lowest BCUT2D eigenvalue weighted by atomic mass is 10.0. The molecule has 5 atom stereocenters. The Bertz CT molecular complexity index is 498. The molecule has 0 amide bonds. The summed E-state index contributed by atoms with van der Waals surface area (Å²) >= 11 is 0. The minimum Gasteiger partial charge on any atom is -0.309 e. The van der Waals surface area contributed by atoms with E-state index in [4.69, 9.17) is 0 Å². The highest BCUT2D eigenvalue weighted by atomic mass is 15.2. The normalized spacial score (nSPS) is 44.2. The van der Waals surface area contributed by atoms with E-state index in [0.717, 1.165) is 42.3 Å². The minimum atomic E-state index is 0.753. The van der Waals surface area contributed by atoms with Crippen molar-refractivity contribution in [3.63, 3.8) is 0 Å². The molecule has 5 rings (SSSR count). The molecule has 3 saturated carbocycles. The van der Waals surface area contributed by atoms with Crippen molar-refractivity contribution in [2.24, 2.45) is 23.7 Å². The van der Waals surface area contributed by atoms with Gasteiger partial charge in [-0.1, -0.05) is 30.3 Å². The Morgan fingerprint density at radius 1 is 1.00 bits per heavy atom. The zero-order valence-corrected chi connectivity index (χ0v) is 12.7. The summed E-state index contributed by atoms with van der Waals surface area (Å²) in [6, 6.07) is 12.6. The van der Waals surface area contributed by atoms with E-state index in [2.05, 4.69) is 40.5 Å². The maximum absolute atomic E-state index is 4.03. The van der Waals surface area contributed by atoms with Gasteiger partial charge in [-0.05, 0) is 54.9 Å².